The number of hydrogen-bond donors (Lipinski definition) is 1. The summed E-state index contributed by atoms with van der Waals surface area (Å²) in [6.45, 7) is 1.92. The largest absolute Gasteiger partial charge is 0.279 e. The lowest BCUT2D eigenvalue weighted by Crippen LogP contribution is -2.14. The van der Waals surface area contributed by atoms with Crippen LogP contribution in [0.5, 0.6) is 0 Å². The fourth-order valence-electron chi connectivity index (χ4n) is 2.28. The number of nitrogens with one attached hydrogen (secondary N) is 1. The molecular weight excluding hydrogens is 332 g/mol. The van der Waals surface area contributed by atoms with Crippen LogP contribution >= 0.6 is 0 Å². The van der Waals surface area contributed by atoms with E-state index >= 15 is 0 Å². The minimum Gasteiger partial charge on any atom is -0.279 e. The topological polar surface area (TPSA) is 58.5 Å². The number of anilines is 1. The Hall–Kier alpha value is -2.92. The summed E-state index contributed by atoms with van der Waals surface area (Å²) in [6, 6.07) is 23.4. The molecule has 25 heavy (non-hydrogen) atoms. The minimum absolute atomic E-state index is 0.230. The molecule has 0 amide bonds. The molecule has 0 radical (unpaired) electrons. The van der Waals surface area contributed by atoms with Gasteiger partial charge in [-0.25, -0.2) is 8.42 Å². The summed E-state index contributed by atoms with van der Waals surface area (Å²) < 4.78 is 27.8. The van der Waals surface area contributed by atoms with Gasteiger partial charge in [-0.3, -0.25) is 9.71 Å². The number of nitrogens with zero attached hydrogens (tertiary/aromatic N) is 1. The van der Waals surface area contributed by atoms with Gasteiger partial charge in [0.2, 0.25) is 0 Å². The molecule has 0 aromatic heterocycles. The van der Waals surface area contributed by atoms with Gasteiger partial charge in [0, 0.05) is 11.8 Å². The van der Waals surface area contributed by atoms with E-state index in [9.17, 15) is 8.42 Å². The first-order chi connectivity index (χ1) is 12.0. The Bertz CT molecular complexity index is 980. The van der Waals surface area contributed by atoms with Gasteiger partial charge in [0.1, 0.15) is 0 Å². The van der Waals surface area contributed by atoms with E-state index in [1.165, 1.54) is 0 Å². The number of sulfonamides is 1. The number of aliphatic imine (C=N–C) groups is 1. The maximum Gasteiger partial charge on any atom is 0.261 e. The minimum atomic E-state index is -3.65. The van der Waals surface area contributed by atoms with Crippen LogP contribution in [0.2, 0.25) is 0 Å². The highest BCUT2D eigenvalue weighted by molar-refractivity contribution is 7.92. The molecule has 4 nitrogen and oxygen atoms in total. The van der Waals surface area contributed by atoms with Crippen molar-refractivity contribution in [2.75, 3.05) is 4.72 Å². The summed E-state index contributed by atoms with van der Waals surface area (Å²) in [7, 11) is -3.65. The molecule has 1 N–H and O–H groups in total. The smallest absolute Gasteiger partial charge is 0.261 e. The lowest BCUT2D eigenvalue weighted by molar-refractivity contribution is 0.601. The van der Waals surface area contributed by atoms with Gasteiger partial charge in [-0.15, -0.1) is 0 Å². The molecule has 0 saturated heterocycles. The number of hydrogen-bond acceptors (Lipinski definition) is 3. The lowest BCUT2D eigenvalue weighted by Gasteiger charge is -2.10. The van der Waals surface area contributed by atoms with Gasteiger partial charge >= 0.3 is 0 Å². The average molecular weight is 350 g/mol. The van der Waals surface area contributed by atoms with Crippen molar-refractivity contribution in [3.63, 3.8) is 0 Å². The summed E-state index contributed by atoms with van der Waals surface area (Å²) in [5.74, 6) is 0. The molecule has 3 aromatic carbocycles. The maximum atomic E-state index is 12.6. The first-order valence-corrected chi connectivity index (χ1v) is 9.30. The second-order valence-electron chi connectivity index (χ2n) is 5.60. The van der Waals surface area contributed by atoms with Crippen molar-refractivity contribution in [2.24, 2.45) is 4.99 Å². The first kappa shape index (κ1) is 16.9. The third kappa shape index (κ3) is 4.33. The standard InChI is InChI=1S/C20H18N2O2S/c1-16-11-13-19(14-12-16)25(23,24)22-20-10-6-5-7-17(20)15-21-18-8-3-2-4-9-18/h2-15,22H,1H3. The molecule has 3 aromatic rings. The van der Waals surface area contributed by atoms with Crippen LogP contribution in [0.3, 0.4) is 0 Å². The Labute approximate surface area is 147 Å². The summed E-state index contributed by atoms with van der Waals surface area (Å²) in [6.07, 6.45) is 1.66. The fraction of sp³-hybridized carbons (Fsp3) is 0.0500. The zero-order valence-electron chi connectivity index (χ0n) is 13.8. The molecule has 0 unspecified atom stereocenters. The Balaban J connectivity index is 1.88. The van der Waals surface area contributed by atoms with E-state index in [2.05, 4.69) is 9.71 Å². The predicted molar refractivity (Wildman–Crippen MR) is 102 cm³/mol. The highest BCUT2D eigenvalue weighted by Crippen LogP contribution is 2.20. The van der Waals surface area contributed by atoms with Gasteiger partial charge in [-0.2, -0.15) is 0 Å². The van der Waals surface area contributed by atoms with E-state index in [0.717, 1.165) is 11.3 Å². The van der Waals surface area contributed by atoms with Crippen LogP contribution in [0.15, 0.2) is 88.8 Å². The summed E-state index contributed by atoms with van der Waals surface area (Å²) in [4.78, 5) is 4.62. The average Bonchev–Trinajstić information content (AvgIpc) is 2.62. The van der Waals surface area contributed by atoms with Crippen molar-refractivity contribution < 1.29 is 8.42 Å². The van der Waals surface area contributed by atoms with Crippen LogP contribution in [-0.4, -0.2) is 14.6 Å². The third-order valence-electron chi connectivity index (χ3n) is 3.65. The quantitative estimate of drug-likeness (QED) is 0.687. The Morgan fingerprint density at radius 3 is 2.20 bits per heavy atom. The van der Waals surface area contributed by atoms with Crippen LogP contribution in [0.4, 0.5) is 11.4 Å². The number of rotatable bonds is 5. The van der Waals surface area contributed by atoms with Crippen LogP contribution in [0, 0.1) is 6.92 Å². The third-order valence-corrected chi connectivity index (χ3v) is 5.03. The lowest BCUT2D eigenvalue weighted by atomic mass is 10.2. The monoisotopic (exact) mass is 350 g/mol. The van der Waals surface area contributed by atoms with E-state index in [-0.39, 0.29) is 4.90 Å². The van der Waals surface area contributed by atoms with Crippen LogP contribution in [0.1, 0.15) is 11.1 Å². The van der Waals surface area contributed by atoms with Crippen LogP contribution in [0.25, 0.3) is 0 Å². The normalized spacial score (nSPS) is 11.6. The van der Waals surface area contributed by atoms with Crippen molar-refractivity contribution in [1.29, 1.82) is 0 Å². The first-order valence-electron chi connectivity index (χ1n) is 7.82. The second-order valence-corrected chi connectivity index (χ2v) is 7.28. The van der Waals surface area contributed by atoms with Gasteiger partial charge in [-0.1, -0.05) is 54.1 Å². The maximum absolute atomic E-state index is 12.6. The molecule has 0 atom stereocenters. The number of para-hydroxylation sites is 2. The molecule has 126 valence electrons. The molecule has 0 aliphatic carbocycles. The summed E-state index contributed by atoms with van der Waals surface area (Å²) in [5.41, 5.74) is 3.00. The molecule has 0 heterocycles. The van der Waals surface area contributed by atoms with Crippen molar-refractivity contribution in [3.05, 3.63) is 90.0 Å². The molecular formula is C20H18N2O2S. The van der Waals surface area contributed by atoms with Gasteiger partial charge in [-0.05, 0) is 37.3 Å². The molecule has 0 aliphatic rings. The van der Waals surface area contributed by atoms with Crippen molar-refractivity contribution in [3.8, 4) is 0 Å². The fourth-order valence-corrected chi connectivity index (χ4v) is 3.37. The van der Waals surface area contributed by atoms with Crippen molar-refractivity contribution in [2.45, 2.75) is 11.8 Å². The molecule has 0 aliphatic heterocycles. The van der Waals surface area contributed by atoms with Crippen molar-refractivity contribution >= 4 is 27.6 Å². The molecule has 0 spiro atoms. The molecule has 5 heteroatoms. The molecule has 3 rings (SSSR count). The molecule has 0 saturated carbocycles. The highest BCUT2D eigenvalue weighted by Gasteiger charge is 2.15. The van der Waals surface area contributed by atoms with E-state index in [1.807, 2.05) is 49.4 Å². The highest BCUT2D eigenvalue weighted by atomic mass is 32.2. The summed E-state index contributed by atoms with van der Waals surface area (Å²) >= 11 is 0. The van der Waals surface area contributed by atoms with E-state index in [1.54, 1.807) is 42.6 Å². The van der Waals surface area contributed by atoms with Gasteiger partial charge < -0.3 is 0 Å². The SMILES string of the molecule is Cc1ccc(S(=O)(=O)Nc2ccccc2C=Nc2ccccc2)cc1. The van der Waals surface area contributed by atoms with Crippen molar-refractivity contribution in [1.82, 2.24) is 0 Å². The van der Waals surface area contributed by atoms with E-state index in [4.69, 9.17) is 0 Å². The zero-order chi connectivity index (χ0) is 17.7. The van der Waals surface area contributed by atoms with Gasteiger partial charge in [0.15, 0.2) is 0 Å². The molecule has 0 bridgehead atoms. The summed E-state index contributed by atoms with van der Waals surface area (Å²) in [5, 5.41) is 0. The molecule has 0 fully saturated rings. The Morgan fingerprint density at radius 1 is 0.840 bits per heavy atom. The predicted octanol–water partition coefficient (Wildman–Crippen LogP) is 4.55. The van der Waals surface area contributed by atoms with Crippen LogP contribution in [-0.2, 0) is 10.0 Å². The zero-order valence-corrected chi connectivity index (χ0v) is 14.6. The van der Waals surface area contributed by atoms with E-state index in [0.29, 0.717) is 11.3 Å². The van der Waals surface area contributed by atoms with E-state index < -0.39 is 10.0 Å². The Morgan fingerprint density at radius 2 is 1.48 bits per heavy atom. The van der Waals surface area contributed by atoms with Crippen LogP contribution < -0.4 is 4.72 Å². The number of aryl methyl sites for hydroxylation is 1. The number of benzene rings is 3. The van der Waals surface area contributed by atoms with Gasteiger partial charge in [0.25, 0.3) is 10.0 Å². The van der Waals surface area contributed by atoms with Gasteiger partial charge in [0.05, 0.1) is 16.3 Å². The Kier molecular flexibility index (Phi) is 4.95. The second kappa shape index (κ2) is 7.32.